The van der Waals surface area contributed by atoms with E-state index in [1.807, 2.05) is 29.2 Å². The van der Waals surface area contributed by atoms with Gasteiger partial charge in [0.2, 0.25) is 15.9 Å². The van der Waals surface area contributed by atoms with Gasteiger partial charge in [0.1, 0.15) is 5.75 Å². The molecular formula is C23H33N3O4S. The Morgan fingerprint density at radius 3 is 2.42 bits per heavy atom. The first-order valence-corrected chi connectivity index (χ1v) is 13.0. The fourth-order valence-electron chi connectivity index (χ4n) is 6.82. The van der Waals surface area contributed by atoms with E-state index < -0.39 is 10.0 Å². The van der Waals surface area contributed by atoms with E-state index in [1.54, 1.807) is 11.4 Å². The predicted molar refractivity (Wildman–Crippen MR) is 120 cm³/mol. The maximum atomic E-state index is 13.1. The van der Waals surface area contributed by atoms with Crippen LogP contribution in [0.2, 0.25) is 0 Å². The van der Waals surface area contributed by atoms with E-state index in [2.05, 4.69) is 18.7 Å². The topological polar surface area (TPSA) is 70.2 Å². The van der Waals surface area contributed by atoms with Gasteiger partial charge in [-0.25, -0.2) is 8.42 Å². The fraction of sp³-hybridized carbons (Fsp3) is 0.696. The van der Waals surface area contributed by atoms with Crippen LogP contribution in [0.5, 0.6) is 5.75 Å². The number of hydrogen-bond donors (Lipinski definition) is 0. The van der Waals surface area contributed by atoms with Crippen molar-refractivity contribution >= 4 is 21.6 Å². The van der Waals surface area contributed by atoms with Crippen molar-refractivity contribution in [3.05, 3.63) is 24.3 Å². The molecule has 5 rings (SSSR count). The highest BCUT2D eigenvalue weighted by molar-refractivity contribution is 7.89. The number of carbonyl (C=O) groups excluding carboxylic acids is 1. The number of ether oxygens (including phenoxy) is 1. The molecule has 2 aliphatic heterocycles. The molecule has 31 heavy (non-hydrogen) atoms. The van der Waals surface area contributed by atoms with Gasteiger partial charge in [0.05, 0.1) is 19.4 Å². The Balaban J connectivity index is 1.24. The molecule has 0 radical (unpaired) electrons. The molecule has 1 unspecified atom stereocenters. The molecule has 2 aliphatic carbocycles. The molecular weight excluding hydrogens is 414 g/mol. The van der Waals surface area contributed by atoms with Crippen LogP contribution in [-0.4, -0.2) is 75.2 Å². The first kappa shape index (κ1) is 21.1. The second-order valence-electron chi connectivity index (χ2n) is 10.2. The van der Waals surface area contributed by atoms with Crippen molar-refractivity contribution in [2.75, 3.05) is 50.5 Å². The van der Waals surface area contributed by atoms with E-state index >= 15 is 0 Å². The van der Waals surface area contributed by atoms with Gasteiger partial charge in [0.15, 0.2) is 0 Å². The van der Waals surface area contributed by atoms with Gasteiger partial charge in [-0.3, -0.25) is 4.79 Å². The molecule has 0 N–H and O–H groups in total. The van der Waals surface area contributed by atoms with E-state index in [0.29, 0.717) is 19.0 Å². The number of nitrogens with zero attached hydrogens (tertiary/aromatic N) is 3. The molecule has 1 aromatic carbocycles. The molecule has 4 aliphatic rings. The predicted octanol–water partition coefficient (Wildman–Crippen LogP) is 2.18. The minimum absolute atomic E-state index is 0.0000851. The average molecular weight is 448 g/mol. The third kappa shape index (κ3) is 3.09. The zero-order valence-corrected chi connectivity index (χ0v) is 19.5. The number of hydrogen-bond acceptors (Lipinski definition) is 5. The summed E-state index contributed by atoms with van der Waals surface area (Å²) in [6.45, 7) is 7.19. The molecule has 2 saturated heterocycles. The quantitative estimate of drug-likeness (QED) is 0.708. The van der Waals surface area contributed by atoms with Crippen LogP contribution < -0.4 is 9.64 Å². The number of anilines is 1. The molecule has 2 heterocycles. The number of carbonyl (C=O) groups is 1. The highest BCUT2D eigenvalue weighted by Crippen LogP contribution is 2.69. The summed E-state index contributed by atoms with van der Waals surface area (Å²) in [4.78, 5) is 17.2. The number of benzene rings is 1. The molecule has 2 saturated carbocycles. The molecule has 2 bridgehead atoms. The van der Waals surface area contributed by atoms with E-state index in [0.717, 1.165) is 43.8 Å². The summed E-state index contributed by atoms with van der Waals surface area (Å²) in [5, 5.41) is 0. The second-order valence-corrected chi connectivity index (χ2v) is 12.2. The Hall–Kier alpha value is -1.80. The summed E-state index contributed by atoms with van der Waals surface area (Å²) in [6, 6.07) is 7.94. The van der Waals surface area contributed by atoms with Crippen molar-refractivity contribution in [1.29, 1.82) is 0 Å². The standard InChI is InChI=1S/C23H33N3O4S/c1-22(2)17-8-9-23(22)16-31(28,29)26(20(23)14-17)15-21(27)25-12-10-24(11-13-25)18-4-6-19(30-3)7-5-18/h4-7,17,20H,8-16H2,1-3H3/t17-,20+,23?/m1/s1. The summed E-state index contributed by atoms with van der Waals surface area (Å²) in [5.74, 6) is 1.55. The molecule has 170 valence electrons. The van der Waals surface area contributed by atoms with Crippen molar-refractivity contribution in [2.45, 2.75) is 39.2 Å². The highest BCUT2D eigenvalue weighted by atomic mass is 32.2. The van der Waals surface area contributed by atoms with Gasteiger partial charge < -0.3 is 14.5 Å². The first-order chi connectivity index (χ1) is 14.7. The van der Waals surface area contributed by atoms with Gasteiger partial charge in [-0.05, 0) is 54.9 Å². The molecule has 1 spiro atoms. The zero-order chi connectivity index (χ0) is 22.0. The average Bonchev–Trinajstić information content (AvgIpc) is 3.23. The van der Waals surface area contributed by atoms with Gasteiger partial charge in [0, 0.05) is 43.3 Å². The van der Waals surface area contributed by atoms with Crippen molar-refractivity contribution in [3.8, 4) is 5.75 Å². The third-order valence-corrected chi connectivity index (χ3v) is 10.9. The van der Waals surface area contributed by atoms with E-state index in [9.17, 15) is 13.2 Å². The summed E-state index contributed by atoms with van der Waals surface area (Å²) < 4.78 is 33.0. The third-order valence-electron chi connectivity index (χ3n) is 8.89. The zero-order valence-electron chi connectivity index (χ0n) is 18.7. The number of rotatable bonds is 4. The molecule has 4 fully saturated rings. The van der Waals surface area contributed by atoms with Crippen LogP contribution in [-0.2, 0) is 14.8 Å². The van der Waals surface area contributed by atoms with Crippen molar-refractivity contribution in [2.24, 2.45) is 16.7 Å². The van der Waals surface area contributed by atoms with Crippen molar-refractivity contribution < 1.29 is 17.9 Å². The Kier molecular flexibility index (Phi) is 4.83. The summed E-state index contributed by atoms with van der Waals surface area (Å²) >= 11 is 0. The van der Waals surface area contributed by atoms with Crippen LogP contribution in [0.15, 0.2) is 24.3 Å². The number of fused-ring (bicyclic) bond motifs is 1. The maximum Gasteiger partial charge on any atom is 0.238 e. The van der Waals surface area contributed by atoms with Crippen LogP contribution in [0.25, 0.3) is 0 Å². The normalized spacial score (nSPS) is 33.5. The maximum absolute atomic E-state index is 13.1. The lowest BCUT2D eigenvalue weighted by Gasteiger charge is -2.38. The van der Waals surface area contributed by atoms with E-state index in [-0.39, 0.29) is 35.1 Å². The van der Waals surface area contributed by atoms with Crippen LogP contribution in [0.1, 0.15) is 33.1 Å². The summed E-state index contributed by atoms with van der Waals surface area (Å²) in [6.07, 6.45) is 3.00. The Morgan fingerprint density at radius 1 is 1.13 bits per heavy atom. The Morgan fingerprint density at radius 2 is 1.81 bits per heavy atom. The second kappa shape index (κ2) is 7.10. The molecule has 8 heteroatoms. The van der Waals surface area contributed by atoms with Gasteiger partial charge in [0.25, 0.3) is 0 Å². The number of amides is 1. The van der Waals surface area contributed by atoms with Crippen LogP contribution in [0.4, 0.5) is 5.69 Å². The minimum Gasteiger partial charge on any atom is -0.497 e. The van der Waals surface area contributed by atoms with Gasteiger partial charge in [-0.1, -0.05) is 13.8 Å². The molecule has 0 aromatic heterocycles. The number of piperazine rings is 1. The minimum atomic E-state index is -3.39. The molecule has 1 amide bonds. The van der Waals surface area contributed by atoms with Gasteiger partial charge in [-0.15, -0.1) is 0 Å². The van der Waals surface area contributed by atoms with Gasteiger partial charge in [-0.2, -0.15) is 4.31 Å². The van der Waals surface area contributed by atoms with Crippen molar-refractivity contribution in [1.82, 2.24) is 9.21 Å². The largest absolute Gasteiger partial charge is 0.497 e. The van der Waals surface area contributed by atoms with Crippen molar-refractivity contribution in [3.63, 3.8) is 0 Å². The first-order valence-electron chi connectivity index (χ1n) is 11.3. The van der Waals surface area contributed by atoms with Crippen LogP contribution >= 0.6 is 0 Å². The molecule has 7 nitrogen and oxygen atoms in total. The lowest BCUT2D eigenvalue weighted by atomic mass is 9.69. The lowest BCUT2D eigenvalue weighted by molar-refractivity contribution is -0.132. The van der Waals surface area contributed by atoms with Crippen LogP contribution in [0.3, 0.4) is 0 Å². The Labute approximate surface area is 185 Å². The summed E-state index contributed by atoms with van der Waals surface area (Å²) in [5.41, 5.74) is 0.970. The fourth-order valence-corrected chi connectivity index (χ4v) is 9.33. The SMILES string of the molecule is COc1ccc(N2CCN(C(=O)CN3[C@H]4C[C@H]5CCC4(CS3(=O)=O)C5(C)C)CC2)cc1. The molecule has 3 atom stereocenters. The smallest absolute Gasteiger partial charge is 0.238 e. The number of methoxy groups -OCH3 is 1. The van der Waals surface area contributed by atoms with Crippen LogP contribution in [0, 0.1) is 16.7 Å². The monoisotopic (exact) mass is 447 g/mol. The number of sulfonamides is 1. The highest BCUT2D eigenvalue weighted by Gasteiger charge is 2.71. The van der Waals surface area contributed by atoms with E-state index in [4.69, 9.17) is 4.74 Å². The van der Waals surface area contributed by atoms with Gasteiger partial charge >= 0.3 is 0 Å². The molecule has 1 aromatic rings. The Bertz CT molecular complexity index is 969. The lowest BCUT2D eigenvalue weighted by Crippen LogP contribution is -2.52. The van der Waals surface area contributed by atoms with E-state index in [1.165, 1.54) is 0 Å². The summed E-state index contributed by atoms with van der Waals surface area (Å²) in [7, 11) is -1.74.